The minimum atomic E-state index is 0.516. The van der Waals surface area contributed by atoms with Crippen LogP contribution >= 0.6 is 0 Å². The monoisotopic (exact) mass is 245 g/mol. The molecule has 0 spiro atoms. The van der Waals surface area contributed by atoms with E-state index in [2.05, 4.69) is 24.4 Å². The molecule has 96 valence electrons. The second-order valence-corrected chi connectivity index (χ2v) is 4.13. The van der Waals surface area contributed by atoms with Gasteiger partial charge in [0, 0.05) is 12.1 Å². The van der Waals surface area contributed by atoms with E-state index in [1.165, 1.54) is 11.1 Å². The summed E-state index contributed by atoms with van der Waals surface area (Å²) in [4.78, 5) is 0. The minimum Gasteiger partial charge on any atom is -0.467 e. The molecule has 0 saturated carbocycles. The molecule has 0 amide bonds. The van der Waals surface area contributed by atoms with Crippen molar-refractivity contribution in [1.29, 1.82) is 0 Å². The summed E-state index contributed by atoms with van der Waals surface area (Å²) in [6.45, 7) is 5.00. The Labute approximate surface area is 108 Å². The molecule has 0 aliphatic carbocycles. The largest absolute Gasteiger partial charge is 0.467 e. The second-order valence-electron chi connectivity index (χ2n) is 4.13. The summed E-state index contributed by atoms with van der Waals surface area (Å²) in [6.07, 6.45) is 1.72. The predicted molar refractivity (Wildman–Crippen MR) is 71.0 cm³/mol. The maximum atomic E-state index is 5.66. The molecule has 0 fully saturated rings. The lowest BCUT2D eigenvalue weighted by Gasteiger charge is -2.05. The number of rotatable bonds is 7. The van der Waals surface area contributed by atoms with Gasteiger partial charge in [0.05, 0.1) is 12.9 Å². The molecule has 3 heteroatoms. The summed E-state index contributed by atoms with van der Waals surface area (Å²) in [7, 11) is 0. The van der Waals surface area contributed by atoms with Gasteiger partial charge in [-0.05, 0) is 18.2 Å². The molecule has 2 aromatic rings. The summed E-state index contributed by atoms with van der Waals surface area (Å²) in [5.41, 5.74) is 2.35. The first-order valence-corrected chi connectivity index (χ1v) is 6.27. The average molecular weight is 245 g/mol. The van der Waals surface area contributed by atoms with Crippen molar-refractivity contribution in [1.82, 2.24) is 5.32 Å². The zero-order valence-electron chi connectivity index (χ0n) is 10.7. The molecular weight excluding hydrogens is 226 g/mol. The Balaban J connectivity index is 1.81. The second kappa shape index (κ2) is 6.99. The Morgan fingerprint density at radius 1 is 1.11 bits per heavy atom. The lowest BCUT2D eigenvalue weighted by Crippen LogP contribution is -2.12. The number of furan rings is 1. The van der Waals surface area contributed by atoms with E-state index in [-0.39, 0.29) is 0 Å². The first-order valence-electron chi connectivity index (χ1n) is 6.27. The molecule has 0 unspecified atom stereocenters. The fourth-order valence-corrected chi connectivity index (χ4v) is 1.75. The number of hydrogen-bond acceptors (Lipinski definition) is 3. The van der Waals surface area contributed by atoms with Gasteiger partial charge in [0.2, 0.25) is 0 Å². The van der Waals surface area contributed by atoms with Gasteiger partial charge in [-0.1, -0.05) is 37.3 Å². The van der Waals surface area contributed by atoms with Crippen LogP contribution in [0.15, 0.2) is 47.1 Å². The van der Waals surface area contributed by atoms with Crippen molar-refractivity contribution in [3.8, 4) is 0 Å². The minimum absolute atomic E-state index is 0.516. The van der Waals surface area contributed by atoms with Crippen LogP contribution in [-0.4, -0.2) is 6.54 Å². The van der Waals surface area contributed by atoms with Crippen LogP contribution < -0.4 is 5.32 Å². The average Bonchev–Trinajstić information content (AvgIpc) is 2.85. The zero-order valence-corrected chi connectivity index (χ0v) is 10.7. The molecule has 0 atom stereocenters. The van der Waals surface area contributed by atoms with E-state index < -0.39 is 0 Å². The van der Waals surface area contributed by atoms with Crippen LogP contribution in [0.5, 0.6) is 0 Å². The topological polar surface area (TPSA) is 34.4 Å². The van der Waals surface area contributed by atoms with Gasteiger partial charge >= 0.3 is 0 Å². The fraction of sp³-hybridized carbons (Fsp3) is 0.333. The molecule has 1 aromatic heterocycles. The van der Waals surface area contributed by atoms with E-state index >= 15 is 0 Å². The van der Waals surface area contributed by atoms with Crippen molar-refractivity contribution in [2.75, 3.05) is 6.54 Å². The Bertz CT molecular complexity index is 451. The Hall–Kier alpha value is -1.58. The quantitative estimate of drug-likeness (QED) is 0.814. The van der Waals surface area contributed by atoms with E-state index in [9.17, 15) is 0 Å². The smallest absolute Gasteiger partial charge is 0.133 e. The van der Waals surface area contributed by atoms with Crippen LogP contribution in [-0.2, 0) is 24.5 Å². The van der Waals surface area contributed by atoms with Crippen molar-refractivity contribution in [2.24, 2.45) is 0 Å². The molecule has 0 aliphatic rings. The predicted octanol–water partition coefficient (Wildman–Crippen LogP) is 3.11. The van der Waals surface area contributed by atoms with Crippen molar-refractivity contribution >= 4 is 0 Å². The Morgan fingerprint density at radius 2 is 1.94 bits per heavy atom. The van der Waals surface area contributed by atoms with Gasteiger partial charge in [-0.25, -0.2) is 0 Å². The fourth-order valence-electron chi connectivity index (χ4n) is 1.75. The lowest BCUT2D eigenvalue weighted by atomic mass is 10.2. The van der Waals surface area contributed by atoms with Crippen molar-refractivity contribution < 1.29 is 9.15 Å². The van der Waals surface area contributed by atoms with Gasteiger partial charge in [0.15, 0.2) is 0 Å². The SMILES string of the molecule is CCNCc1ccoc1COCc1ccccc1. The standard InChI is InChI=1S/C15H19NO2/c1-2-16-10-14-8-9-18-15(14)12-17-11-13-6-4-3-5-7-13/h3-9,16H,2,10-12H2,1H3. The third-order valence-electron chi connectivity index (χ3n) is 2.75. The maximum absolute atomic E-state index is 5.66. The van der Waals surface area contributed by atoms with Crippen LogP contribution in [0.25, 0.3) is 0 Å². The summed E-state index contributed by atoms with van der Waals surface area (Å²) in [5.74, 6) is 0.909. The van der Waals surface area contributed by atoms with E-state index in [1.807, 2.05) is 24.3 Å². The Kier molecular flexibility index (Phi) is 5.00. The molecule has 18 heavy (non-hydrogen) atoms. The van der Waals surface area contributed by atoms with E-state index in [0.717, 1.165) is 18.8 Å². The zero-order chi connectivity index (χ0) is 12.6. The van der Waals surface area contributed by atoms with Crippen molar-refractivity contribution in [2.45, 2.75) is 26.7 Å². The Morgan fingerprint density at radius 3 is 2.72 bits per heavy atom. The molecule has 2 rings (SSSR count). The van der Waals surface area contributed by atoms with Gasteiger partial charge in [-0.2, -0.15) is 0 Å². The van der Waals surface area contributed by atoms with E-state index in [1.54, 1.807) is 6.26 Å². The summed E-state index contributed by atoms with van der Waals surface area (Å²) >= 11 is 0. The van der Waals surface area contributed by atoms with Gasteiger partial charge in [-0.15, -0.1) is 0 Å². The van der Waals surface area contributed by atoms with E-state index in [0.29, 0.717) is 13.2 Å². The first-order chi connectivity index (χ1) is 8.90. The highest BCUT2D eigenvalue weighted by molar-refractivity contribution is 5.16. The maximum Gasteiger partial charge on any atom is 0.133 e. The van der Waals surface area contributed by atoms with Gasteiger partial charge in [0.1, 0.15) is 12.4 Å². The van der Waals surface area contributed by atoms with Gasteiger partial charge in [0.25, 0.3) is 0 Å². The lowest BCUT2D eigenvalue weighted by molar-refractivity contribution is 0.0921. The van der Waals surface area contributed by atoms with Crippen LogP contribution in [0.3, 0.4) is 0 Å². The molecule has 0 radical (unpaired) electrons. The molecule has 1 aromatic carbocycles. The summed E-state index contributed by atoms with van der Waals surface area (Å²) in [6, 6.07) is 12.1. The highest BCUT2D eigenvalue weighted by Gasteiger charge is 2.05. The molecule has 0 bridgehead atoms. The third kappa shape index (κ3) is 3.72. The van der Waals surface area contributed by atoms with E-state index in [4.69, 9.17) is 9.15 Å². The number of nitrogens with one attached hydrogen (secondary N) is 1. The first kappa shape index (κ1) is 12.9. The van der Waals surface area contributed by atoms with Crippen LogP contribution in [0.4, 0.5) is 0 Å². The van der Waals surface area contributed by atoms with Crippen molar-refractivity contribution in [3.05, 3.63) is 59.5 Å². The molecule has 0 aliphatic heterocycles. The molecule has 0 saturated heterocycles. The molecule has 1 N–H and O–H groups in total. The number of hydrogen-bond donors (Lipinski definition) is 1. The van der Waals surface area contributed by atoms with Crippen molar-refractivity contribution in [3.63, 3.8) is 0 Å². The molecular formula is C15H19NO2. The molecule has 1 heterocycles. The summed E-state index contributed by atoms with van der Waals surface area (Å²) < 4.78 is 11.1. The number of benzene rings is 1. The molecule has 3 nitrogen and oxygen atoms in total. The van der Waals surface area contributed by atoms with Crippen LogP contribution in [0.2, 0.25) is 0 Å². The highest BCUT2D eigenvalue weighted by atomic mass is 16.5. The van der Waals surface area contributed by atoms with Gasteiger partial charge < -0.3 is 14.5 Å². The van der Waals surface area contributed by atoms with Gasteiger partial charge in [-0.3, -0.25) is 0 Å². The normalized spacial score (nSPS) is 10.7. The number of ether oxygens (including phenoxy) is 1. The third-order valence-corrected chi connectivity index (χ3v) is 2.75. The van der Waals surface area contributed by atoms with Crippen LogP contribution in [0, 0.1) is 0 Å². The van der Waals surface area contributed by atoms with Crippen LogP contribution in [0.1, 0.15) is 23.8 Å². The summed E-state index contributed by atoms with van der Waals surface area (Å²) in [5, 5.41) is 3.28. The highest BCUT2D eigenvalue weighted by Crippen LogP contribution is 2.12.